The maximum Gasteiger partial charge on any atom is 0.405 e. The number of carboxylic acid groups (broad SMARTS) is 2. The second-order valence-electron chi connectivity index (χ2n) is 13.1. The zero-order chi connectivity index (χ0) is 41.1. The Balaban J connectivity index is 1.56. The fourth-order valence-corrected chi connectivity index (χ4v) is 6.45. The normalized spacial score (nSPS) is 12.9. The number of hydrogen-bond donors (Lipinski definition) is 4. The van der Waals surface area contributed by atoms with E-state index in [1.54, 1.807) is 43.3 Å². The Morgan fingerprint density at radius 3 is 1.42 bits per heavy atom. The predicted octanol–water partition coefficient (Wildman–Crippen LogP) is 8.27. The molecule has 57 heavy (non-hydrogen) atoms. The largest absolute Gasteiger partial charge is 0.492 e. The Kier molecular flexibility index (Phi) is 13.5. The molecule has 292 valence electrons. The Labute approximate surface area is 329 Å². The van der Waals surface area contributed by atoms with Crippen molar-refractivity contribution in [2.24, 2.45) is 23.3 Å². The first-order chi connectivity index (χ1) is 27.3. The third kappa shape index (κ3) is 10.3. The van der Waals surface area contributed by atoms with Gasteiger partial charge in [0, 0.05) is 22.3 Å². The van der Waals surface area contributed by atoms with Crippen LogP contribution in [0.1, 0.15) is 28.9 Å². The first-order valence-electron chi connectivity index (χ1n) is 17.8. The van der Waals surface area contributed by atoms with Crippen molar-refractivity contribution in [2.45, 2.75) is 19.1 Å². The molecule has 0 bridgehead atoms. The maximum absolute atomic E-state index is 12.5. The maximum atomic E-state index is 12.5. The van der Waals surface area contributed by atoms with E-state index in [1.807, 2.05) is 84.9 Å². The van der Waals surface area contributed by atoms with Crippen molar-refractivity contribution in [1.29, 1.82) is 0 Å². The van der Waals surface area contributed by atoms with Crippen LogP contribution >= 0.6 is 0 Å². The Hall–Kier alpha value is -7.34. The van der Waals surface area contributed by atoms with Crippen molar-refractivity contribution in [2.75, 3.05) is 13.2 Å². The van der Waals surface area contributed by atoms with Gasteiger partial charge in [0.05, 0.1) is 25.0 Å². The van der Waals surface area contributed by atoms with Crippen LogP contribution < -0.4 is 20.9 Å². The van der Waals surface area contributed by atoms with Crippen LogP contribution in [0.4, 0.5) is 9.59 Å². The van der Waals surface area contributed by atoms with Crippen molar-refractivity contribution in [3.05, 3.63) is 168 Å². The number of hydrogen-bond acceptors (Lipinski definition) is 8. The van der Waals surface area contributed by atoms with E-state index in [0.29, 0.717) is 17.1 Å². The topological polar surface area (TPSA) is 198 Å². The molecule has 5 rings (SSSR count). The van der Waals surface area contributed by atoms with E-state index >= 15 is 0 Å². The quantitative estimate of drug-likeness (QED) is 0.0629. The number of carboxylic acids is 2. The van der Waals surface area contributed by atoms with Crippen molar-refractivity contribution in [3.8, 4) is 33.8 Å². The molecule has 0 spiro atoms. The van der Waals surface area contributed by atoms with Crippen molar-refractivity contribution in [3.63, 3.8) is 0 Å². The van der Waals surface area contributed by atoms with Gasteiger partial charge in [0.2, 0.25) is 0 Å². The summed E-state index contributed by atoms with van der Waals surface area (Å²) >= 11 is 0. The van der Waals surface area contributed by atoms with E-state index < -0.39 is 48.2 Å². The van der Waals surface area contributed by atoms with Gasteiger partial charge in [-0.15, -0.1) is 0 Å². The molecule has 0 fully saturated rings. The molecule has 5 aromatic carbocycles. The van der Waals surface area contributed by atoms with Crippen LogP contribution in [0.3, 0.4) is 0 Å². The summed E-state index contributed by atoms with van der Waals surface area (Å²) in [6.45, 7) is 8.59. The second-order valence-corrected chi connectivity index (χ2v) is 13.1. The summed E-state index contributed by atoms with van der Waals surface area (Å²) in [6, 6.07) is 37.8. The molecular formula is C45H42N2O10. The number of amides is 2. The van der Waals surface area contributed by atoms with Gasteiger partial charge in [0.25, 0.3) is 0 Å². The highest BCUT2D eigenvalue weighted by atomic mass is 16.6. The molecule has 4 atom stereocenters. The fraction of sp³-hybridized carbons (Fsp3) is 0.156. The van der Waals surface area contributed by atoms with Crippen LogP contribution in [0.15, 0.2) is 152 Å². The van der Waals surface area contributed by atoms with Gasteiger partial charge in [0.15, 0.2) is 0 Å². The fourth-order valence-electron chi connectivity index (χ4n) is 6.45. The average molecular weight is 771 g/mol. The lowest BCUT2D eigenvalue weighted by Crippen LogP contribution is -2.32. The van der Waals surface area contributed by atoms with E-state index in [2.05, 4.69) is 13.2 Å². The number of carbonyl (C=O) groups is 4. The number of benzene rings is 5. The van der Waals surface area contributed by atoms with Crippen LogP contribution in [0, 0.1) is 18.8 Å². The van der Waals surface area contributed by atoms with Gasteiger partial charge in [-0.1, -0.05) is 122 Å². The number of primary amides is 2. The molecule has 12 nitrogen and oxygen atoms in total. The molecular weight excluding hydrogens is 728 g/mol. The minimum absolute atomic E-state index is 0.204. The molecule has 0 saturated heterocycles. The minimum atomic E-state index is -1.40. The minimum Gasteiger partial charge on any atom is -0.492 e. The third-order valence-corrected chi connectivity index (χ3v) is 9.38. The average Bonchev–Trinajstić information content (AvgIpc) is 3.20. The summed E-state index contributed by atoms with van der Waals surface area (Å²) in [5, 5.41) is 20.3. The number of nitrogens with two attached hydrogens (primary N) is 2. The lowest BCUT2D eigenvalue weighted by molar-refractivity contribution is -0.134. The highest BCUT2D eigenvalue weighted by Crippen LogP contribution is 2.40. The lowest BCUT2D eigenvalue weighted by Gasteiger charge is -2.31. The van der Waals surface area contributed by atoms with Crippen LogP contribution in [-0.2, 0) is 19.1 Å². The van der Waals surface area contributed by atoms with Gasteiger partial charge < -0.3 is 40.6 Å². The lowest BCUT2D eigenvalue weighted by atomic mass is 9.84. The van der Waals surface area contributed by atoms with E-state index in [4.69, 9.17) is 30.4 Å². The summed E-state index contributed by atoms with van der Waals surface area (Å²) in [5.41, 5.74) is 14.5. The van der Waals surface area contributed by atoms with Crippen LogP contribution in [0.25, 0.3) is 22.3 Å². The molecule has 5 aromatic rings. The molecule has 0 aliphatic carbocycles. The zero-order valence-electron chi connectivity index (χ0n) is 31.1. The van der Waals surface area contributed by atoms with Gasteiger partial charge >= 0.3 is 24.1 Å². The summed E-state index contributed by atoms with van der Waals surface area (Å²) in [5.74, 6) is -4.35. The molecule has 0 aliphatic rings. The number of aliphatic carboxylic acids is 2. The van der Waals surface area contributed by atoms with Gasteiger partial charge in [-0.3, -0.25) is 0 Å². The zero-order valence-corrected chi connectivity index (χ0v) is 31.1. The third-order valence-electron chi connectivity index (χ3n) is 9.38. The molecule has 0 aromatic heterocycles. The standard InChI is InChI=1S/C45H42N2O10/c1-27-22-23-32(40(56-44(46)52)36(28(2)42(48)49)25-54-38-20-12-10-18-33(38)30-14-6-4-7-15-30)24-35(27)41(57-45(47)53)37(29(3)43(50)51)26-55-39-21-13-11-19-34(39)31-16-8-5-9-17-31/h4-24,36-37,40-41H,2-3,25-26H2,1H3,(H2,46,52)(H2,47,53)(H,48,49)(H,50,51). The van der Waals surface area contributed by atoms with Crippen molar-refractivity contribution < 1.29 is 48.3 Å². The number of rotatable bonds is 18. The van der Waals surface area contributed by atoms with E-state index in [9.17, 15) is 29.4 Å². The highest BCUT2D eigenvalue weighted by molar-refractivity contribution is 5.87. The van der Waals surface area contributed by atoms with Gasteiger partial charge in [-0.2, -0.15) is 0 Å². The number of ether oxygens (including phenoxy) is 4. The Morgan fingerprint density at radius 2 is 0.982 bits per heavy atom. The van der Waals surface area contributed by atoms with Crippen LogP contribution in [-0.4, -0.2) is 47.6 Å². The first kappa shape index (κ1) is 40.8. The SMILES string of the molecule is C=C(C(=O)O)C(COc1ccccc1-c1ccccc1)C(OC(N)=O)c1ccc(C)c(C(OC(N)=O)C(COc2ccccc2-c2ccccc2)C(=C)C(=O)O)c1. The monoisotopic (exact) mass is 770 g/mol. The predicted molar refractivity (Wildman–Crippen MR) is 213 cm³/mol. The van der Waals surface area contributed by atoms with Crippen molar-refractivity contribution in [1.82, 2.24) is 0 Å². The molecule has 0 saturated carbocycles. The molecule has 2 amide bonds. The van der Waals surface area contributed by atoms with E-state index in [0.717, 1.165) is 22.3 Å². The van der Waals surface area contributed by atoms with E-state index in [1.165, 1.54) is 6.07 Å². The molecule has 0 radical (unpaired) electrons. The number of carbonyl (C=O) groups excluding carboxylic acids is 2. The molecule has 4 unspecified atom stereocenters. The number of aryl methyl sites for hydroxylation is 1. The Morgan fingerprint density at radius 1 is 0.579 bits per heavy atom. The second kappa shape index (κ2) is 18.8. The summed E-state index contributed by atoms with van der Waals surface area (Å²) in [6.07, 6.45) is -5.24. The summed E-state index contributed by atoms with van der Waals surface area (Å²) < 4.78 is 23.7. The van der Waals surface area contributed by atoms with E-state index in [-0.39, 0.29) is 35.5 Å². The molecule has 6 N–H and O–H groups in total. The van der Waals surface area contributed by atoms with Gasteiger partial charge in [0.1, 0.15) is 23.7 Å². The molecule has 0 heterocycles. The van der Waals surface area contributed by atoms with Gasteiger partial charge in [-0.05, 0) is 52.9 Å². The highest BCUT2D eigenvalue weighted by Gasteiger charge is 2.37. The van der Waals surface area contributed by atoms with Crippen LogP contribution in [0.2, 0.25) is 0 Å². The summed E-state index contributed by atoms with van der Waals surface area (Å²) in [7, 11) is 0. The number of para-hydroxylation sites is 2. The summed E-state index contributed by atoms with van der Waals surface area (Å²) in [4.78, 5) is 49.9. The smallest absolute Gasteiger partial charge is 0.405 e. The first-order valence-corrected chi connectivity index (χ1v) is 17.8. The van der Waals surface area contributed by atoms with Crippen LogP contribution in [0.5, 0.6) is 11.5 Å². The molecule has 12 heteroatoms. The van der Waals surface area contributed by atoms with Gasteiger partial charge in [-0.25, -0.2) is 19.2 Å². The Bertz CT molecular complexity index is 2260. The molecule has 0 aliphatic heterocycles. The van der Waals surface area contributed by atoms with Crippen molar-refractivity contribution >= 4 is 24.1 Å².